The maximum Gasteiger partial charge on any atom is 0.251 e. The third-order valence-corrected chi connectivity index (χ3v) is 8.04. The fourth-order valence-electron chi connectivity index (χ4n) is 3.78. The van der Waals surface area contributed by atoms with E-state index in [1.54, 1.807) is 6.07 Å². The van der Waals surface area contributed by atoms with Gasteiger partial charge in [0.2, 0.25) is 10.0 Å². The Morgan fingerprint density at radius 2 is 1.72 bits per heavy atom. The fraction of sp³-hybridized carbons (Fsp3) is 0.409. The van der Waals surface area contributed by atoms with Gasteiger partial charge in [-0.15, -0.1) is 0 Å². The van der Waals surface area contributed by atoms with Crippen LogP contribution in [0.5, 0.6) is 0 Å². The van der Waals surface area contributed by atoms with E-state index in [1.165, 1.54) is 22.0 Å². The van der Waals surface area contributed by atoms with Gasteiger partial charge in [0.1, 0.15) is 4.90 Å². The monoisotopic (exact) mass is 432 g/mol. The Morgan fingerprint density at radius 1 is 1.03 bits per heavy atom. The molecular weight excluding hydrogens is 408 g/mol. The van der Waals surface area contributed by atoms with Crippen LogP contribution in [0.25, 0.3) is 0 Å². The largest absolute Gasteiger partial charge is 0.349 e. The zero-order valence-electron chi connectivity index (χ0n) is 16.2. The van der Waals surface area contributed by atoms with Gasteiger partial charge >= 0.3 is 0 Å². The molecule has 0 spiro atoms. The van der Waals surface area contributed by atoms with Crippen molar-refractivity contribution >= 4 is 27.5 Å². The highest BCUT2D eigenvalue weighted by Crippen LogP contribution is 2.30. The van der Waals surface area contributed by atoms with Gasteiger partial charge in [-0.25, -0.2) is 8.42 Å². The van der Waals surface area contributed by atoms with Crippen LogP contribution in [-0.4, -0.2) is 37.8 Å². The summed E-state index contributed by atoms with van der Waals surface area (Å²) in [5, 5.41) is 3.04. The van der Waals surface area contributed by atoms with Crippen LogP contribution in [0.3, 0.4) is 0 Å². The number of nitrogens with one attached hydrogen (secondary N) is 1. The molecule has 1 N–H and O–H groups in total. The predicted octanol–water partition coefficient (Wildman–Crippen LogP) is 3.88. The molecule has 2 fully saturated rings. The maximum absolute atomic E-state index is 13.2. The number of halogens is 1. The summed E-state index contributed by atoms with van der Waals surface area (Å²) in [6.45, 7) is 0.934. The highest BCUT2D eigenvalue weighted by Gasteiger charge is 2.32. The molecule has 5 nitrogen and oxygen atoms in total. The molecule has 1 aliphatic carbocycles. The molecule has 4 rings (SSSR count). The highest BCUT2D eigenvalue weighted by atomic mass is 35.5. The van der Waals surface area contributed by atoms with Crippen molar-refractivity contribution in [1.82, 2.24) is 9.62 Å². The molecular formula is C22H25ClN2O3S. The molecule has 2 aromatic rings. The molecule has 0 radical (unpaired) electrons. The van der Waals surface area contributed by atoms with E-state index >= 15 is 0 Å². The molecule has 0 unspecified atom stereocenters. The van der Waals surface area contributed by atoms with Crippen LogP contribution in [-0.2, 0) is 16.4 Å². The molecule has 2 aromatic carbocycles. The Morgan fingerprint density at radius 3 is 2.38 bits per heavy atom. The molecule has 1 saturated heterocycles. The van der Waals surface area contributed by atoms with Crippen molar-refractivity contribution in [3.63, 3.8) is 0 Å². The third kappa shape index (κ3) is 4.82. The van der Waals surface area contributed by atoms with Crippen LogP contribution in [0.1, 0.15) is 41.6 Å². The smallest absolute Gasteiger partial charge is 0.251 e. The molecule has 1 saturated carbocycles. The molecule has 0 aromatic heterocycles. The highest BCUT2D eigenvalue weighted by molar-refractivity contribution is 7.89. The lowest BCUT2D eigenvalue weighted by molar-refractivity contribution is 0.0951. The van der Waals surface area contributed by atoms with Gasteiger partial charge in [0.05, 0.1) is 5.02 Å². The van der Waals surface area contributed by atoms with Crippen LogP contribution >= 0.6 is 11.6 Å². The first-order chi connectivity index (χ1) is 13.9. The zero-order chi connectivity index (χ0) is 20.4. The number of amides is 1. The van der Waals surface area contributed by atoms with Gasteiger partial charge < -0.3 is 5.32 Å². The summed E-state index contributed by atoms with van der Waals surface area (Å²) in [6, 6.07) is 15.0. The van der Waals surface area contributed by atoms with E-state index in [2.05, 4.69) is 17.4 Å². The van der Waals surface area contributed by atoms with Crippen molar-refractivity contribution in [2.75, 3.05) is 13.1 Å². The second-order valence-corrected chi connectivity index (χ2v) is 10.2. The summed E-state index contributed by atoms with van der Waals surface area (Å²) >= 11 is 6.22. The van der Waals surface area contributed by atoms with E-state index < -0.39 is 10.0 Å². The fourth-order valence-corrected chi connectivity index (χ4v) is 5.75. The summed E-state index contributed by atoms with van der Waals surface area (Å²) in [4.78, 5) is 12.3. The number of nitrogens with zero attached hydrogens (tertiary/aromatic N) is 1. The van der Waals surface area contributed by atoms with Gasteiger partial charge in [0.25, 0.3) is 5.91 Å². The molecule has 29 heavy (non-hydrogen) atoms. The summed E-state index contributed by atoms with van der Waals surface area (Å²) < 4.78 is 27.9. The average Bonchev–Trinajstić information content (AvgIpc) is 3.53. The van der Waals surface area contributed by atoms with E-state index in [-0.39, 0.29) is 21.9 Å². The van der Waals surface area contributed by atoms with E-state index in [1.807, 2.05) is 18.2 Å². The first-order valence-electron chi connectivity index (χ1n) is 10.1. The van der Waals surface area contributed by atoms with E-state index in [0.717, 1.165) is 32.1 Å². The van der Waals surface area contributed by atoms with Crippen LogP contribution in [0, 0.1) is 5.92 Å². The second kappa shape index (κ2) is 8.46. The molecule has 1 heterocycles. The minimum Gasteiger partial charge on any atom is -0.349 e. The lowest BCUT2D eigenvalue weighted by Crippen LogP contribution is -2.39. The number of sulfonamides is 1. The Hall–Kier alpha value is -1.89. The molecule has 154 valence electrons. The predicted molar refractivity (Wildman–Crippen MR) is 114 cm³/mol. The molecule has 0 atom stereocenters. The van der Waals surface area contributed by atoms with Gasteiger partial charge in [0, 0.05) is 24.7 Å². The van der Waals surface area contributed by atoms with E-state index in [0.29, 0.717) is 24.6 Å². The van der Waals surface area contributed by atoms with E-state index in [9.17, 15) is 13.2 Å². The lowest BCUT2D eigenvalue weighted by Gasteiger charge is -2.31. The number of piperidine rings is 1. The average molecular weight is 433 g/mol. The maximum atomic E-state index is 13.2. The molecule has 0 bridgehead atoms. The van der Waals surface area contributed by atoms with Gasteiger partial charge in [0.15, 0.2) is 0 Å². The van der Waals surface area contributed by atoms with Crippen LogP contribution < -0.4 is 5.32 Å². The second-order valence-electron chi connectivity index (χ2n) is 7.93. The first kappa shape index (κ1) is 20.4. The normalized spacial score (nSPS) is 18.5. The Kier molecular flexibility index (Phi) is 5.95. The van der Waals surface area contributed by atoms with Crippen LogP contribution in [0.2, 0.25) is 5.02 Å². The van der Waals surface area contributed by atoms with Gasteiger partial charge in [-0.2, -0.15) is 4.31 Å². The molecule has 1 aliphatic heterocycles. The first-order valence-corrected chi connectivity index (χ1v) is 11.9. The molecule has 1 amide bonds. The summed E-state index contributed by atoms with van der Waals surface area (Å²) in [6.07, 6.45) is 4.54. The zero-order valence-corrected chi connectivity index (χ0v) is 17.8. The van der Waals surface area contributed by atoms with Gasteiger partial charge in [-0.3, -0.25) is 4.79 Å². The van der Waals surface area contributed by atoms with Crippen LogP contribution in [0.4, 0.5) is 0 Å². The third-order valence-electron chi connectivity index (χ3n) is 5.66. The standard InChI is InChI=1S/C22H25ClN2O3S/c23-20-9-6-18(22(26)24-19-7-8-19)15-21(20)29(27,28)25-12-10-17(11-13-25)14-16-4-2-1-3-5-16/h1-6,9,15,17,19H,7-8,10-14H2,(H,24,26). The Bertz CT molecular complexity index is 982. The molecule has 2 aliphatic rings. The van der Waals surface area contributed by atoms with E-state index in [4.69, 9.17) is 11.6 Å². The Labute approximate surface area is 177 Å². The van der Waals surface area contributed by atoms with Gasteiger partial charge in [-0.05, 0) is 61.8 Å². The topological polar surface area (TPSA) is 66.5 Å². The number of rotatable bonds is 6. The van der Waals surface area contributed by atoms with Crippen LogP contribution in [0.15, 0.2) is 53.4 Å². The lowest BCUT2D eigenvalue weighted by atomic mass is 9.91. The summed E-state index contributed by atoms with van der Waals surface area (Å²) in [5.41, 5.74) is 1.62. The van der Waals surface area contributed by atoms with Crippen molar-refractivity contribution in [3.05, 3.63) is 64.7 Å². The Balaban J connectivity index is 1.45. The number of carbonyl (C=O) groups excluding carboxylic acids is 1. The van der Waals surface area contributed by atoms with Crippen molar-refractivity contribution in [1.29, 1.82) is 0 Å². The van der Waals surface area contributed by atoms with Crippen molar-refractivity contribution in [3.8, 4) is 0 Å². The minimum absolute atomic E-state index is 0.0177. The number of benzene rings is 2. The quantitative estimate of drug-likeness (QED) is 0.753. The minimum atomic E-state index is -3.74. The number of hydrogen-bond acceptors (Lipinski definition) is 3. The van der Waals surface area contributed by atoms with Crippen molar-refractivity contribution < 1.29 is 13.2 Å². The number of hydrogen-bond donors (Lipinski definition) is 1. The number of carbonyl (C=O) groups is 1. The van der Waals surface area contributed by atoms with Crippen molar-refractivity contribution in [2.45, 2.75) is 43.0 Å². The molecule has 7 heteroatoms. The SMILES string of the molecule is O=C(NC1CC1)c1ccc(Cl)c(S(=O)(=O)N2CCC(Cc3ccccc3)CC2)c1. The van der Waals surface area contributed by atoms with Crippen molar-refractivity contribution in [2.24, 2.45) is 5.92 Å². The summed E-state index contributed by atoms with van der Waals surface area (Å²) in [7, 11) is -3.74. The van der Waals surface area contributed by atoms with Gasteiger partial charge in [-0.1, -0.05) is 41.9 Å². The summed E-state index contributed by atoms with van der Waals surface area (Å²) in [5.74, 6) is 0.220.